The topological polar surface area (TPSA) is 101 Å². The van der Waals surface area contributed by atoms with Gasteiger partial charge in [0.15, 0.2) is 5.78 Å². The first-order chi connectivity index (χ1) is 21.3. The van der Waals surface area contributed by atoms with E-state index in [1.165, 1.54) is 39.9 Å². The number of para-hydroxylation sites is 1. The van der Waals surface area contributed by atoms with E-state index in [2.05, 4.69) is 11.3 Å². The molecule has 5 rings (SSSR count). The van der Waals surface area contributed by atoms with Crippen LogP contribution in [0.4, 0.5) is 23.4 Å². The Hall–Kier alpha value is -4.62. The molecule has 1 N–H and O–H groups in total. The number of nitrogens with zero attached hydrogens (tertiary/aromatic N) is 3. The third-order valence-corrected chi connectivity index (χ3v) is 8.63. The number of Topliss-reactive ketones (excluding diaryl/α,β-unsaturated/α-hetero) is 1. The van der Waals surface area contributed by atoms with Gasteiger partial charge in [-0.25, -0.2) is 22.2 Å². The van der Waals surface area contributed by atoms with E-state index in [9.17, 15) is 35.6 Å². The van der Waals surface area contributed by atoms with Crippen LogP contribution in [0.25, 0.3) is 5.69 Å². The number of fused-ring (bicyclic) bond motifs is 1. The number of aromatic nitrogens is 2. The number of sulfonamides is 1. The molecule has 1 aliphatic rings. The van der Waals surface area contributed by atoms with Crippen LogP contribution in [0.1, 0.15) is 52.0 Å². The van der Waals surface area contributed by atoms with E-state index in [4.69, 9.17) is 5.10 Å². The van der Waals surface area contributed by atoms with Crippen molar-refractivity contribution >= 4 is 27.5 Å². The Balaban J connectivity index is 1.71. The highest BCUT2D eigenvalue weighted by Gasteiger charge is 2.46. The first-order valence-corrected chi connectivity index (χ1v) is 15.5. The van der Waals surface area contributed by atoms with Crippen molar-refractivity contribution in [3.63, 3.8) is 0 Å². The number of halogens is 4. The lowest BCUT2D eigenvalue weighted by Gasteiger charge is -2.38. The van der Waals surface area contributed by atoms with Gasteiger partial charge in [0.2, 0.25) is 15.9 Å². The number of amides is 1. The normalized spacial score (nSPS) is 16.8. The number of nitrogens with one attached hydrogen (secondary N) is 1. The molecule has 0 fully saturated rings. The highest BCUT2D eigenvalue weighted by atomic mass is 32.2. The summed E-state index contributed by atoms with van der Waals surface area (Å²) in [5.74, 6) is -3.49. The molecule has 3 aromatic carbocycles. The summed E-state index contributed by atoms with van der Waals surface area (Å²) < 4.78 is 83.0. The van der Waals surface area contributed by atoms with E-state index in [0.29, 0.717) is 22.6 Å². The summed E-state index contributed by atoms with van der Waals surface area (Å²) in [6, 6.07) is 18.1. The number of carbonyl (C=O) groups is 2. The Morgan fingerprint density at radius 1 is 1.04 bits per heavy atom. The number of carbonyl (C=O) groups excluding carboxylic acids is 2. The molecule has 45 heavy (non-hydrogen) atoms. The smallest absolute Gasteiger partial charge is 0.296 e. The molecule has 1 aromatic heterocycles. The molecular weight excluding hydrogens is 612 g/mol. The average molecular weight is 641 g/mol. The van der Waals surface area contributed by atoms with Gasteiger partial charge < -0.3 is 0 Å². The van der Waals surface area contributed by atoms with Gasteiger partial charge >= 0.3 is 6.18 Å². The van der Waals surface area contributed by atoms with Crippen molar-refractivity contribution in [1.82, 2.24) is 14.5 Å². The van der Waals surface area contributed by atoms with E-state index in [-0.39, 0.29) is 24.3 Å². The minimum absolute atomic E-state index is 0.132. The van der Waals surface area contributed by atoms with E-state index in [1.54, 1.807) is 37.3 Å². The van der Waals surface area contributed by atoms with Gasteiger partial charge in [-0.3, -0.25) is 14.5 Å². The summed E-state index contributed by atoms with van der Waals surface area (Å²) in [6.07, 6.45) is -5.16. The molecule has 234 valence electrons. The molecule has 0 saturated carbocycles. The second-order valence-electron chi connectivity index (χ2n) is 10.4. The zero-order valence-electron chi connectivity index (χ0n) is 24.0. The van der Waals surface area contributed by atoms with Crippen LogP contribution in [0.15, 0.2) is 90.8 Å². The molecule has 1 aliphatic heterocycles. The maximum Gasteiger partial charge on any atom is 0.416 e. The van der Waals surface area contributed by atoms with Crippen molar-refractivity contribution in [2.24, 2.45) is 5.92 Å². The van der Waals surface area contributed by atoms with Gasteiger partial charge in [-0.15, -0.1) is 0 Å². The van der Waals surface area contributed by atoms with Gasteiger partial charge in [0.25, 0.3) is 0 Å². The summed E-state index contributed by atoms with van der Waals surface area (Å²) in [4.78, 5) is 29.3. The van der Waals surface area contributed by atoms with Crippen LogP contribution in [-0.4, -0.2) is 36.4 Å². The van der Waals surface area contributed by atoms with Crippen molar-refractivity contribution < 1.29 is 35.6 Å². The number of alkyl halides is 3. The largest absolute Gasteiger partial charge is 0.416 e. The fraction of sp³-hybridized carbons (Fsp3) is 0.219. The Morgan fingerprint density at radius 2 is 1.73 bits per heavy atom. The van der Waals surface area contributed by atoms with Gasteiger partial charge in [0.1, 0.15) is 11.6 Å². The molecular formula is C32H28F4N4O4S. The van der Waals surface area contributed by atoms with Crippen LogP contribution in [0, 0.1) is 11.7 Å². The summed E-state index contributed by atoms with van der Waals surface area (Å²) in [5, 5.41) is 5.45. The van der Waals surface area contributed by atoms with Crippen LogP contribution in [0.5, 0.6) is 0 Å². The molecule has 2 atom stereocenters. The van der Waals surface area contributed by atoms with Gasteiger partial charge in [-0.05, 0) is 48.9 Å². The minimum atomic E-state index is -4.68. The summed E-state index contributed by atoms with van der Waals surface area (Å²) in [7, 11) is -3.91. The molecule has 4 aromatic rings. The highest BCUT2D eigenvalue weighted by molar-refractivity contribution is 7.92. The quantitative estimate of drug-likeness (QED) is 0.170. The van der Waals surface area contributed by atoms with Crippen LogP contribution >= 0.6 is 0 Å². The predicted octanol–water partition coefficient (Wildman–Crippen LogP) is 5.98. The van der Waals surface area contributed by atoms with Gasteiger partial charge in [0, 0.05) is 35.4 Å². The molecule has 1 amide bonds. The van der Waals surface area contributed by atoms with Crippen molar-refractivity contribution in [3.8, 4) is 5.69 Å². The fourth-order valence-corrected chi connectivity index (χ4v) is 6.02. The predicted molar refractivity (Wildman–Crippen MR) is 160 cm³/mol. The second kappa shape index (κ2) is 12.4. The average Bonchev–Trinajstić information content (AvgIpc) is 3.40. The van der Waals surface area contributed by atoms with Gasteiger partial charge in [-0.1, -0.05) is 49.0 Å². The molecule has 0 saturated heterocycles. The van der Waals surface area contributed by atoms with Crippen molar-refractivity contribution in [3.05, 3.63) is 125 Å². The maximum atomic E-state index is 14.3. The summed E-state index contributed by atoms with van der Waals surface area (Å²) in [5.41, 5.74) is 0.426. The highest BCUT2D eigenvalue weighted by Crippen LogP contribution is 2.47. The zero-order chi connectivity index (χ0) is 32.5. The zero-order valence-corrected chi connectivity index (χ0v) is 24.8. The first kappa shape index (κ1) is 31.8. The van der Waals surface area contributed by atoms with E-state index < -0.39 is 57.5 Å². The molecule has 13 heteroatoms. The van der Waals surface area contributed by atoms with Crippen molar-refractivity contribution in [1.29, 1.82) is 0 Å². The minimum Gasteiger partial charge on any atom is -0.296 e. The van der Waals surface area contributed by atoms with Crippen LogP contribution in [0.2, 0.25) is 0 Å². The lowest BCUT2D eigenvalue weighted by Crippen LogP contribution is -2.45. The van der Waals surface area contributed by atoms with Gasteiger partial charge in [-0.2, -0.15) is 18.3 Å². The summed E-state index contributed by atoms with van der Waals surface area (Å²) >= 11 is 0. The Morgan fingerprint density at radius 3 is 2.36 bits per heavy atom. The SMILES string of the molecule is C=CS(=O)(=O)NCc1nn(-c2ccccc2)c2c1[C@H](c1ccc(F)cc1)[C@H](CC(=O)c1cccc(C(F)(F)F)c1)C(=O)N2CC. The standard InChI is InChI=1S/C32H28F4N4O4S/c1-3-39-30-29(26(19-37-45(43,44)4-2)38-40(30)24-11-6-5-7-12-24)28(20-13-15-23(33)16-14-20)25(31(39)42)18-27(41)21-9-8-10-22(17-21)32(34,35)36/h4-17,25,28,37H,2-3,18-19H2,1H3/t25-,28+/m0/s1. The molecule has 0 spiro atoms. The van der Waals surface area contributed by atoms with Crippen LogP contribution < -0.4 is 9.62 Å². The molecule has 0 bridgehead atoms. The molecule has 0 aliphatic carbocycles. The Kier molecular flexibility index (Phi) is 8.77. The third-order valence-electron chi connectivity index (χ3n) is 7.65. The fourth-order valence-electron chi connectivity index (χ4n) is 5.57. The number of hydrogen-bond acceptors (Lipinski definition) is 5. The number of benzene rings is 3. The van der Waals surface area contributed by atoms with Gasteiger partial charge in [0.05, 0.1) is 29.4 Å². The number of anilines is 1. The molecule has 0 radical (unpaired) electrons. The number of rotatable bonds is 10. The lowest BCUT2D eigenvalue weighted by molar-refractivity contribution is -0.137. The monoisotopic (exact) mass is 640 g/mol. The Labute approximate surface area is 257 Å². The number of ketones is 1. The van der Waals surface area contributed by atoms with E-state index in [0.717, 1.165) is 23.6 Å². The van der Waals surface area contributed by atoms with Crippen LogP contribution in [0.3, 0.4) is 0 Å². The van der Waals surface area contributed by atoms with Crippen molar-refractivity contribution in [2.75, 3.05) is 11.4 Å². The van der Waals surface area contributed by atoms with E-state index in [1.807, 2.05) is 0 Å². The molecule has 2 heterocycles. The third kappa shape index (κ3) is 6.45. The van der Waals surface area contributed by atoms with Crippen LogP contribution in [-0.2, 0) is 27.5 Å². The van der Waals surface area contributed by atoms with Crippen molar-refractivity contribution in [2.45, 2.75) is 32.0 Å². The second-order valence-corrected chi connectivity index (χ2v) is 12.1. The molecule has 0 unspecified atom stereocenters. The summed E-state index contributed by atoms with van der Waals surface area (Å²) in [6.45, 7) is 4.85. The lowest BCUT2D eigenvalue weighted by atomic mass is 9.74. The van der Waals surface area contributed by atoms with E-state index >= 15 is 0 Å². The molecule has 8 nitrogen and oxygen atoms in total. The Bertz CT molecular complexity index is 1860. The first-order valence-electron chi connectivity index (χ1n) is 13.9. The number of hydrogen-bond donors (Lipinski definition) is 1. The maximum absolute atomic E-state index is 14.3.